The molecule has 5 rings (SSSR count). The SMILES string of the molecule is O=C(N[C@H]1CC[C@@H](Nc2cc(C(F)(F)F)nc3ccc(Cl)cc23)CC1)c1cc2c(s1)CCCC2. The van der Waals surface area contributed by atoms with Gasteiger partial charge in [-0.3, -0.25) is 4.79 Å². The number of alkyl halides is 3. The van der Waals surface area contributed by atoms with E-state index < -0.39 is 11.9 Å². The fourth-order valence-corrected chi connectivity index (χ4v) is 6.25. The van der Waals surface area contributed by atoms with Gasteiger partial charge in [-0.1, -0.05) is 11.6 Å². The second-order valence-corrected chi connectivity index (χ2v) is 10.7. The molecule has 0 unspecified atom stereocenters. The summed E-state index contributed by atoms with van der Waals surface area (Å²) < 4.78 is 40.2. The Bertz CT molecular complexity index is 1190. The predicted octanol–water partition coefficient (Wildman–Crippen LogP) is 7.00. The van der Waals surface area contributed by atoms with Gasteiger partial charge < -0.3 is 10.6 Å². The molecule has 1 fully saturated rings. The molecule has 0 aliphatic heterocycles. The van der Waals surface area contributed by atoms with Crippen LogP contribution in [0.25, 0.3) is 10.9 Å². The molecule has 3 aromatic rings. The largest absolute Gasteiger partial charge is 0.433 e. The number of thiophene rings is 1. The number of hydrogen-bond donors (Lipinski definition) is 2. The Balaban J connectivity index is 1.24. The van der Waals surface area contributed by atoms with Crippen LogP contribution in [0.2, 0.25) is 5.02 Å². The van der Waals surface area contributed by atoms with Crippen molar-refractivity contribution < 1.29 is 18.0 Å². The van der Waals surface area contributed by atoms with Crippen molar-refractivity contribution >= 4 is 45.4 Å². The van der Waals surface area contributed by atoms with Gasteiger partial charge in [0.25, 0.3) is 5.91 Å². The standard InChI is InChI=1S/C25H25ClF3N3OS/c26-15-5-10-19-18(12-15)20(13-23(32-19)25(27,28)29)30-16-6-8-17(9-7-16)31-24(33)22-11-14-3-1-2-4-21(14)34-22/h5,10-13,16-17H,1-4,6-9H2,(H,30,32)(H,31,33)/t16-,17+. The maximum atomic E-state index is 13.4. The van der Waals surface area contributed by atoms with E-state index in [4.69, 9.17) is 11.6 Å². The summed E-state index contributed by atoms with van der Waals surface area (Å²) >= 11 is 7.70. The Hall–Kier alpha value is -2.32. The number of hydrogen-bond acceptors (Lipinski definition) is 4. The third-order valence-corrected chi connectivity index (χ3v) is 8.17. The van der Waals surface area contributed by atoms with Gasteiger partial charge in [-0.15, -0.1) is 11.3 Å². The number of amides is 1. The number of fused-ring (bicyclic) bond motifs is 2. The van der Waals surface area contributed by atoms with E-state index in [1.54, 1.807) is 23.5 Å². The molecular weight excluding hydrogens is 483 g/mol. The van der Waals surface area contributed by atoms with E-state index in [1.807, 2.05) is 6.07 Å². The van der Waals surface area contributed by atoms with Gasteiger partial charge in [0.15, 0.2) is 0 Å². The van der Waals surface area contributed by atoms with Crippen LogP contribution in [0, 0.1) is 0 Å². The number of carbonyl (C=O) groups is 1. The number of nitrogens with zero attached hydrogens (tertiary/aromatic N) is 1. The first kappa shape index (κ1) is 23.4. The molecule has 180 valence electrons. The van der Waals surface area contributed by atoms with Gasteiger partial charge in [-0.05, 0) is 87.3 Å². The van der Waals surface area contributed by atoms with Crippen molar-refractivity contribution in [2.24, 2.45) is 0 Å². The van der Waals surface area contributed by atoms with Crippen LogP contribution in [0.15, 0.2) is 30.3 Å². The highest BCUT2D eigenvalue weighted by atomic mass is 35.5. The van der Waals surface area contributed by atoms with E-state index in [-0.39, 0.29) is 23.5 Å². The molecule has 34 heavy (non-hydrogen) atoms. The van der Waals surface area contributed by atoms with Gasteiger partial charge in [-0.25, -0.2) is 4.98 Å². The summed E-state index contributed by atoms with van der Waals surface area (Å²) in [5, 5.41) is 7.47. The summed E-state index contributed by atoms with van der Waals surface area (Å²) in [5.74, 6) is -0.0135. The molecule has 1 amide bonds. The van der Waals surface area contributed by atoms with Crippen LogP contribution in [-0.2, 0) is 19.0 Å². The highest BCUT2D eigenvalue weighted by molar-refractivity contribution is 7.14. The molecular formula is C25H25ClF3N3OS. The minimum Gasteiger partial charge on any atom is -0.382 e. The minimum atomic E-state index is -4.53. The zero-order valence-electron chi connectivity index (χ0n) is 18.5. The van der Waals surface area contributed by atoms with E-state index in [0.717, 1.165) is 49.5 Å². The summed E-state index contributed by atoms with van der Waals surface area (Å²) in [6.45, 7) is 0. The summed E-state index contributed by atoms with van der Waals surface area (Å²) in [7, 11) is 0. The Morgan fingerprint density at radius 2 is 1.76 bits per heavy atom. The van der Waals surface area contributed by atoms with Crippen molar-refractivity contribution in [2.45, 2.75) is 69.6 Å². The normalized spacial score (nSPS) is 20.7. The zero-order chi connectivity index (χ0) is 23.9. The second kappa shape index (κ2) is 9.38. The number of carbonyl (C=O) groups excluding carboxylic acids is 1. The number of rotatable bonds is 4. The Morgan fingerprint density at radius 1 is 1.03 bits per heavy atom. The van der Waals surface area contributed by atoms with Crippen LogP contribution in [0.5, 0.6) is 0 Å². The summed E-state index contributed by atoms with van der Waals surface area (Å²) in [6.07, 6.45) is 2.99. The molecule has 0 spiro atoms. The summed E-state index contributed by atoms with van der Waals surface area (Å²) in [4.78, 5) is 18.7. The highest BCUT2D eigenvalue weighted by Crippen LogP contribution is 2.35. The number of aromatic nitrogens is 1. The van der Waals surface area contributed by atoms with Gasteiger partial charge >= 0.3 is 6.18 Å². The Morgan fingerprint density at radius 3 is 2.50 bits per heavy atom. The van der Waals surface area contributed by atoms with Crippen LogP contribution < -0.4 is 10.6 Å². The predicted molar refractivity (Wildman–Crippen MR) is 130 cm³/mol. The first-order chi connectivity index (χ1) is 16.3. The molecule has 4 nitrogen and oxygen atoms in total. The Kier molecular flexibility index (Phi) is 6.46. The first-order valence-electron chi connectivity index (χ1n) is 11.6. The monoisotopic (exact) mass is 507 g/mol. The van der Waals surface area contributed by atoms with Crippen molar-refractivity contribution in [3.05, 3.63) is 56.4 Å². The van der Waals surface area contributed by atoms with Crippen molar-refractivity contribution in [3.63, 3.8) is 0 Å². The van der Waals surface area contributed by atoms with Crippen molar-refractivity contribution in [1.29, 1.82) is 0 Å². The summed E-state index contributed by atoms with van der Waals surface area (Å²) in [5.41, 5.74) is 1.03. The van der Waals surface area contributed by atoms with E-state index >= 15 is 0 Å². The molecule has 0 radical (unpaired) electrons. The fraction of sp³-hybridized carbons (Fsp3) is 0.440. The maximum Gasteiger partial charge on any atom is 0.433 e. The van der Waals surface area contributed by atoms with E-state index in [2.05, 4.69) is 15.6 Å². The van der Waals surface area contributed by atoms with Gasteiger partial charge in [-0.2, -0.15) is 13.2 Å². The van der Waals surface area contributed by atoms with Crippen LogP contribution in [0.3, 0.4) is 0 Å². The molecule has 0 bridgehead atoms. The summed E-state index contributed by atoms with van der Waals surface area (Å²) in [6, 6.07) is 7.86. The molecule has 1 aromatic carbocycles. The molecule has 9 heteroatoms. The number of halogens is 4. The zero-order valence-corrected chi connectivity index (χ0v) is 20.0. The lowest BCUT2D eigenvalue weighted by Crippen LogP contribution is -2.40. The molecule has 2 N–H and O–H groups in total. The van der Waals surface area contributed by atoms with E-state index in [9.17, 15) is 18.0 Å². The third-order valence-electron chi connectivity index (χ3n) is 6.70. The maximum absolute atomic E-state index is 13.4. The van der Waals surface area contributed by atoms with Crippen molar-refractivity contribution in [2.75, 3.05) is 5.32 Å². The fourth-order valence-electron chi connectivity index (χ4n) is 4.92. The molecule has 2 aliphatic rings. The minimum absolute atomic E-state index is 0.00729. The van der Waals surface area contributed by atoms with Gasteiger partial charge in [0.1, 0.15) is 5.69 Å². The molecule has 2 aromatic heterocycles. The average molecular weight is 508 g/mol. The average Bonchev–Trinajstić information content (AvgIpc) is 3.24. The lowest BCUT2D eigenvalue weighted by molar-refractivity contribution is -0.140. The van der Waals surface area contributed by atoms with E-state index in [0.29, 0.717) is 16.1 Å². The molecule has 2 heterocycles. The number of anilines is 1. The number of pyridine rings is 1. The topological polar surface area (TPSA) is 54.0 Å². The van der Waals surface area contributed by atoms with Crippen LogP contribution in [0.1, 0.15) is 64.3 Å². The van der Waals surface area contributed by atoms with Gasteiger partial charge in [0, 0.05) is 33.1 Å². The smallest absolute Gasteiger partial charge is 0.382 e. The van der Waals surface area contributed by atoms with E-state index in [1.165, 1.54) is 29.3 Å². The van der Waals surface area contributed by atoms with Crippen LogP contribution in [0.4, 0.5) is 18.9 Å². The molecule has 0 saturated heterocycles. The lowest BCUT2D eigenvalue weighted by Gasteiger charge is -2.30. The van der Waals surface area contributed by atoms with Crippen LogP contribution in [-0.4, -0.2) is 23.0 Å². The Labute approximate surface area is 204 Å². The molecule has 1 saturated carbocycles. The molecule has 0 atom stereocenters. The second-order valence-electron chi connectivity index (χ2n) is 9.15. The quantitative estimate of drug-likeness (QED) is 0.399. The number of nitrogens with one attached hydrogen (secondary N) is 2. The lowest BCUT2D eigenvalue weighted by atomic mass is 9.90. The third kappa shape index (κ3) is 5.03. The number of aryl methyl sites for hydroxylation is 2. The van der Waals surface area contributed by atoms with Crippen LogP contribution >= 0.6 is 22.9 Å². The van der Waals surface area contributed by atoms with Gasteiger partial charge in [0.2, 0.25) is 0 Å². The van der Waals surface area contributed by atoms with Crippen molar-refractivity contribution in [1.82, 2.24) is 10.3 Å². The molecule has 2 aliphatic carbocycles. The first-order valence-corrected chi connectivity index (χ1v) is 12.8. The highest BCUT2D eigenvalue weighted by Gasteiger charge is 2.34. The number of benzene rings is 1. The van der Waals surface area contributed by atoms with Gasteiger partial charge in [0.05, 0.1) is 10.4 Å². The van der Waals surface area contributed by atoms with Crippen molar-refractivity contribution in [3.8, 4) is 0 Å².